The Morgan fingerprint density at radius 3 is 2.00 bits per heavy atom. The summed E-state index contributed by atoms with van der Waals surface area (Å²) in [7, 11) is -4.33. The number of aryl methyl sites for hydroxylation is 1. The van der Waals surface area contributed by atoms with Crippen LogP contribution in [0.15, 0.2) is 71.6 Å². The first-order chi connectivity index (χ1) is 15.0. The number of hydrogen-bond donors (Lipinski definition) is 1. The number of anilines is 2. The number of rotatable bonds is 4. The first-order valence-electron chi connectivity index (χ1n) is 9.28. The van der Waals surface area contributed by atoms with Gasteiger partial charge in [0.15, 0.2) is 0 Å². The molecule has 0 saturated heterocycles. The van der Waals surface area contributed by atoms with Crippen LogP contribution in [0.3, 0.4) is 0 Å². The lowest BCUT2D eigenvalue weighted by Gasteiger charge is -2.14. The summed E-state index contributed by atoms with van der Waals surface area (Å²) < 4.78 is 66.1. The second-order valence-corrected chi connectivity index (χ2v) is 8.77. The van der Waals surface area contributed by atoms with Crippen molar-refractivity contribution in [2.45, 2.75) is 18.0 Å². The SMILES string of the molecule is Cc1ccc(NS(=O)(=O)c2ccc(C(F)(F)F)cc2)c2c1C(=O)N(c1ccccc1)C2=O. The average molecular weight is 460 g/mol. The highest BCUT2D eigenvalue weighted by Crippen LogP contribution is 2.36. The van der Waals surface area contributed by atoms with Crippen LogP contribution in [0.5, 0.6) is 0 Å². The Labute approximate surface area is 181 Å². The van der Waals surface area contributed by atoms with E-state index in [0.29, 0.717) is 23.4 Å². The first-order valence-corrected chi connectivity index (χ1v) is 10.8. The second-order valence-electron chi connectivity index (χ2n) is 7.09. The van der Waals surface area contributed by atoms with Gasteiger partial charge in [0.05, 0.1) is 33.0 Å². The number of fused-ring (bicyclic) bond motifs is 1. The number of nitrogens with one attached hydrogen (secondary N) is 1. The lowest BCUT2D eigenvalue weighted by molar-refractivity contribution is -0.137. The van der Waals surface area contributed by atoms with Gasteiger partial charge in [0, 0.05) is 0 Å². The van der Waals surface area contributed by atoms with Gasteiger partial charge in [-0.3, -0.25) is 14.3 Å². The molecule has 4 rings (SSSR count). The zero-order valence-electron chi connectivity index (χ0n) is 16.5. The van der Waals surface area contributed by atoms with Gasteiger partial charge in [0.1, 0.15) is 0 Å². The van der Waals surface area contributed by atoms with Crippen molar-refractivity contribution in [1.29, 1.82) is 0 Å². The van der Waals surface area contributed by atoms with Crippen LogP contribution in [0.4, 0.5) is 24.5 Å². The van der Waals surface area contributed by atoms with E-state index in [2.05, 4.69) is 4.72 Å². The molecule has 0 aliphatic carbocycles. The number of para-hydroxylation sites is 1. The molecule has 2 amide bonds. The highest BCUT2D eigenvalue weighted by atomic mass is 32.2. The second kappa shape index (κ2) is 7.49. The van der Waals surface area contributed by atoms with Crippen molar-refractivity contribution < 1.29 is 31.2 Å². The van der Waals surface area contributed by atoms with Gasteiger partial charge in [0.25, 0.3) is 21.8 Å². The van der Waals surface area contributed by atoms with Crippen LogP contribution in [0.1, 0.15) is 31.8 Å². The normalized spacial score (nSPS) is 13.9. The van der Waals surface area contributed by atoms with Gasteiger partial charge in [0.2, 0.25) is 0 Å². The Morgan fingerprint density at radius 2 is 1.41 bits per heavy atom. The molecule has 0 bridgehead atoms. The number of hydrogen-bond acceptors (Lipinski definition) is 4. The Bertz CT molecular complexity index is 1340. The summed E-state index contributed by atoms with van der Waals surface area (Å²) in [5, 5.41) is 0. The molecule has 3 aromatic rings. The summed E-state index contributed by atoms with van der Waals surface area (Å²) in [4.78, 5) is 26.6. The van der Waals surface area contributed by atoms with Gasteiger partial charge in [-0.2, -0.15) is 13.2 Å². The van der Waals surface area contributed by atoms with E-state index in [4.69, 9.17) is 0 Å². The lowest BCUT2D eigenvalue weighted by Crippen LogP contribution is -2.29. The molecule has 1 N–H and O–H groups in total. The molecule has 6 nitrogen and oxygen atoms in total. The number of carbonyl (C=O) groups excluding carboxylic acids is 2. The molecule has 0 spiro atoms. The number of benzene rings is 3. The van der Waals surface area contributed by atoms with Crippen molar-refractivity contribution in [3.8, 4) is 0 Å². The molecule has 0 saturated carbocycles. The summed E-state index contributed by atoms with van der Waals surface area (Å²) in [6.07, 6.45) is -4.61. The molecule has 3 aromatic carbocycles. The van der Waals surface area contributed by atoms with E-state index in [1.54, 1.807) is 37.3 Å². The summed E-state index contributed by atoms with van der Waals surface area (Å²) in [6, 6.07) is 14.0. The number of halogens is 3. The minimum atomic E-state index is -4.61. The molecule has 0 aromatic heterocycles. The molecular weight excluding hydrogens is 445 g/mol. The minimum absolute atomic E-state index is 0.0615. The van der Waals surface area contributed by atoms with Crippen LogP contribution < -0.4 is 9.62 Å². The topological polar surface area (TPSA) is 83.6 Å². The van der Waals surface area contributed by atoms with Crippen molar-refractivity contribution in [2.75, 3.05) is 9.62 Å². The predicted octanol–water partition coefficient (Wildman–Crippen LogP) is 4.62. The summed E-state index contributed by atoms with van der Waals surface area (Å²) in [6.45, 7) is 1.62. The lowest BCUT2D eigenvalue weighted by atomic mass is 10.0. The van der Waals surface area contributed by atoms with Gasteiger partial charge in [-0.25, -0.2) is 13.3 Å². The van der Waals surface area contributed by atoms with Crippen LogP contribution in [-0.2, 0) is 16.2 Å². The van der Waals surface area contributed by atoms with Crippen LogP contribution in [0, 0.1) is 6.92 Å². The molecule has 0 radical (unpaired) electrons. The number of alkyl halides is 3. The fraction of sp³-hybridized carbons (Fsp3) is 0.0909. The standard InChI is InChI=1S/C22H15F3N2O4S/c1-13-7-12-17(26-32(30,31)16-10-8-14(9-11-16)22(23,24)25)19-18(13)20(28)27(21(19)29)15-5-3-2-4-6-15/h2-12,26H,1H3. The highest BCUT2D eigenvalue weighted by Gasteiger charge is 2.40. The average Bonchev–Trinajstić information content (AvgIpc) is 3.01. The molecule has 164 valence electrons. The number of carbonyl (C=O) groups is 2. The van der Waals surface area contributed by atoms with Crippen molar-refractivity contribution in [3.63, 3.8) is 0 Å². The largest absolute Gasteiger partial charge is 0.416 e. The van der Waals surface area contributed by atoms with Gasteiger partial charge >= 0.3 is 6.18 Å². The predicted molar refractivity (Wildman–Crippen MR) is 111 cm³/mol. The Morgan fingerprint density at radius 1 is 0.812 bits per heavy atom. The third-order valence-electron chi connectivity index (χ3n) is 5.00. The summed E-state index contributed by atoms with van der Waals surface area (Å²) in [5.41, 5.74) is -0.376. The number of sulfonamides is 1. The van der Waals surface area contributed by atoms with Gasteiger partial charge in [-0.15, -0.1) is 0 Å². The van der Waals surface area contributed by atoms with Crippen LogP contribution in [0.2, 0.25) is 0 Å². The molecular formula is C22H15F3N2O4S. The zero-order chi connectivity index (χ0) is 23.3. The highest BCUT2D eigenvalue weighted by molar-refractivity contribution is 7.92. The zero-order valence-corrected chi connectivity index (χ0v) is 17.3. The molecule has 0 fully saturated rings. The van der Waals surface area contributed by atoms with E-state index < -0.39 is 38.5 Å². The van der Waals surface area contributed by atoms with E-state index >= 15 is 0 Å². The maximum absolute atomic E-state index is 13.1. The minimum Gasteiger partial charge on any atom is -0.279 e. The fourth-order valence-electron chi connectivity index (χ4n) is 3.44. The molecule has 10 heteroatoms. The molecule has 1 heterocycles. The first kappa shape index (κ1) is 21.6. The third-order valence-corrected chi connectivity index (χ3v) is 6.38. The van der Waals surface area contributed by atoms with E-state index in [9.17, 15) is 31.2 Å². The summed E-state index contributed by atoms with van der Waals surface area (Å²) in [5.74, 6) is -1.30. The fourth-order valence-corrected chi connectivity index (χ4v) is 4.52. The van der Waals surface area contributed by atoms with Gasteiger partial charge in [-0.1, -0.05) is 24.3 Å². The van der Waals surface area contributed by atoms with Crippen molar-refractivity contribution in [1.82, 2.24) is 0 Å². The van der Waals surface area contributed by atoms with Crippen molar-refractivity contribution >= 4 is 33.2 Å². The maximum atomic E-state index is 13.1. The van der Waals surface area contributed by atoms with Crippen LogP contribution >= 0.6 is 0 Å². The quantitative estimate of drug-likeness (QED) is 0.576. The molecule has 1 aliphatic rings. The van der Waals surface area contributed by atoms with Crippen LogP contribution in [0.25, 0.3) is 0 Å². The monoisotopic (exact) mass is 460 g/mol. The number of amides is 2. The van der Waals surface area contributed by atoms with Crippen molar-refractivity contribution in [2.24, 2.45) is 0 Å². The Hall–Kier alpha value is -3.66. The van der Waals surface area contributed by atoms with E-state index in [1.165, 1.54) is 12.1 Å². The third kappa shape index (κ3) is 3.62. The number of nitrogens with zero attached hydrogens (tertiary/aromatic N) is 1. The number of imide groups is 1. The summed E-state index contributed by atoms with van der Waals surface area (Å²) >= 11 is 0. The van der Waals surface area contributed by atoms with Gasteiger partial charge < -0.3 is 0 Å². The van der Waals surface area contributed by atoms with Crippen LogP contribution in [-0.4, -0.2) is 20.2 Å². The Balaban J connectivity index is 1.74. The molecule has 1 aliphatic heterocycles. The molecule has 32 heavy (non-hydrogen) atoms. The van der Waals surface area contributed by atoms with E-state index in [-0.39, 0.29) is 16.8 Å². The van der Waals surface area contributed by atoms with E-state index in [0.717, 1.165) is 17.0 Å². The maximum Gasteiger partial charge on any atom is 0.416 e. The van der Waals surface area contributed by atoms with Crippen molar-refractivity contribution in [3.05, 3.63) is 89.0 Å². The van der Waals surface area contributed by atoms with E-state index in [1.807, 2.05) is 0 Å². The smallest absolute Gasteiger partial charge is 0.279 e. The van der Waals surface area contributed by atoms with Gasteiger partial charge in [-0.05, 0) is 55.0 Å². The molecule has 0 atom stereocenters. The Kier molecular flexibility index (Phi) is 5.04. The molecule has 0 unspecified atom stereocenters.